The summed E-state index contributed by atoms with van der Waals surface area (Å²) in [5.41, 5.74) is 8.21. The van der Waals surface area contributed by atoms with E-state index < -0.39 is 6.04 Å². The van der Waals surface area contributed by atoms with Crippen LogP contribution in [0.4, 0.5) is 0 Å². The Kier molecular flexibility index (Phi) is 4.75. The van der Waals surface area contributed by atoms with Crippen molar-refractivity contribution in [2.24, 2.45) is 11.7 Å². The van der Waals surface area contributed by atoms with Crippen molar-refractivity contribution in [3.63, 3.8) is 0 Å². The molecule has 1 aromatic carbocycles. The molecule has 0 radical (unpaired) electrons. The molecule has 1 aliphatic heterocycles. The molecular weight excluding hydrogens is 278 g/mol. The van der Waals surface area contributed by atoms with E-state index in [0.717, 1.165) is 42.5 Å². The number of rotatable bonds is 5. The molecule has 2 aromatic rings. The summed E-state index contributed by atoms with van der Waals surface area (Å²) in [5.74, 6) is 0.328. The summed E-state index contributed by atoms with van der Waals surface area (Å²) < 4.78 is 5.42. The smallest absolute Gasteiger partial charge is 0.237 e. The quantitative estimate of drug-likeness (QED) is 0.784. The van der Waals surface area contributed by atoms with Gasteiger partial charge in [-0.25, -0.2) is 0 Å². The first kappa shape index (κ1) is 15.1. The predicted molar refractivity (Wildman–Crippen MR) is 86.5 cm³/mol. The van der Waals surface area contributed by atoms with E-state index in [9.17, 15) is 4.79 Å². The highest BCUT2D eigenvalue weighted by Crippen LogP contribution is 2.19. The molecule has 0 spiro atoms. The molecule has 118 valence electrons. The molecule has 0 aliphatic carbocycles. The van der Waals surface area contributed by atoms with Crippen molar-refractivity contribution in [3.05, 3.63) is 36.0 Å². The number of carbonyl (C=O) groups is 1. The van der Waals surface area contributed by atoms with Crippen LogP contribution >= 0.6 is 0 Å². The summed E-state index contributed by atoms with van der Waals surface area (Å²) in [6.45, 7) is 2.23. The van der Waals surface area contributed by atoms with Gasteiger partial charge in [0.2, 0.25) is 5.91 Å². The Bertz CT molecular complexity index is 632. The van der Waals surface area contributed by atoms with Gasteiger partial charge in [-0.1, -0.05) is 18.2 Å². The minimum atomic E-state index is -0.524. The van der Waals surface area contributed by atoms with Crippen molar-refractivity contribution in [2.75, 3.05) is 19.8 Å². The topological polar surface area (TPSA) is 80.1 Å². The Labute approximate surface area is 130 Å². The van der Waals surface area contributed by atoms with Crippen LogP contribution in [0.1, 0.15) is 18.4 Å². The van der Waals surface area contributed by atoms with Gasteiger partial charge in [0.15, 0.2) is 0 Å². The van der Waals surface area contributed by atoms with Crippen LogP contribution in [-0.2, 0) is 16.0 Å². The van der Waals surface area contributed by atoms with Crippen molar-refractivity contribution in [1.29, 1.82) is 0 Å². The van der Waals surface area contributed by atoms with Crippen molar-refractivity contribution in [3.8, 4) is 0 Å². The zero-order chi connectivity index (χ0) is 15.4. The summed E-state index contributed by atoms with van der Waals surface area (Å²) in [5, 5.41) is 4.09. The normalized spacial score (nSPS) is 20.0. The lowest BCUT2D eigenvalue weighted by Crippen LogP contribution is -2.44. The number of fused-ring (bicyclic) bond motifs is 1. The van der Waals surface area contributed by atoms with Crippen LogP contribution in [0.5, 0.6) is 0 Å². The Balaban J connectivity index is 1.54. The van der Waals surface area contributed by atoms with Crippen LogP contribution in [0, 0.1) is 5.92 Å². The van der Waals surface area contributed by atoms with Crippen LogP contribution < -0.4 is 11.1 Å². The lowest BCUT2D eigenvalue weighted by Gasteiger charge is -2.23. The molecule has 5 heteroatoms. The van der Waals surface area contributed by atoms with Gasteiger partial charge in [-0.05, 0) is 36.8 Å². The molecule has 4 N–H and O–H groups in total. The van der Waals surface area contributed by atoms with Gasteiger partial charge < -0.3 is 20.8 Å². The van der Waals surface area contributed by atoms with Gasteiger partial charge in [0.1, 0.15) is 0 Å². The summed E-state index contributed by atoms with van der Waals surface area (Å²) in [7, 11) is 0. The van der Waals surface area contributed by atoms with E-state index in [1.165, 1.54) is 0 Å². The molecule has 0 bridgehead atoms. The third-order valence-electron chi connectivity index (χ3n) is 4.27. The molecule has 1 amide bonds. The summed E-state index contributed by atoms with van der Waals surface area (Å²) in [6, 6.07) is 7.53. The summed E-state index contributed by atoms with van der Waals surface area (Å²) in [4.78, 5) is 15.4. The number of H-pyrrole nitrogens is 1. The standard InChI is InChI=1S/C17H23N3O2/c18-15(17(21)20-9-12-4-3-7-22-11-12)8-13-10-19-16-6-2-1-5-14(13)16/h1-2,5-6,10,12,15,19H,3-4,7-9,11,18H2,(H,20,21)/t12?,15-/m0/s1. The summed E-state index contributed by atoms with van der Waals surface area (Å²) >= 11 is 0. The number of ether oxygens (including phenoxy) is 1. The molecule has 1 aromatic heterocycles. The maximum absolute atomic E-state index is 12.2. The van der Waals surface area contributed by atoms with E-state index in [4.69, 9.17) is 10.5 Å². The molecule has 1 saturated heterocycles. The monoisotopic (exact) mass is 301 g/mol. The highest BCUT2D eigenvalue weighted by molar-refractivity contribution is 5.86. The van der Waals surface area contributed by atoms with E-state index >= 15 is 0 Å². The Morgan fingerprint density at radius 2 is 2.32 bits per heavy atom. The first-order valence-corrected chi connectivity index (χ1v) is 7.90. The molecule has 0 saturated carbocycles. The molecule has 2 atom stereocenters. The van der Waals surface area contributed by atoms with E-state index in [2.05, 4.69) is 10.3 Å². The van der Waals surface area contributed by atoms with E-state index in [-0.39, 0.29) is 5.91 Å². The van der Waals surface area contributed by atoms with E-state index in [0.29, 0.717) is 18.9 Å². The highest BCUT2D eigenvalue weighted by atomic mass is 16.5. The van der Waals surface area contributed by atoms with Gasteiger partial charge in [0.25, 0.3) is 0 Å². The van der Waals surface area contributed by atoms with Gasteiger partial charge in [0.05, 0.1) is 12.6 Å². The predicted octanol–water partition coefficient (Wildman–Crippen LogP) is 1.58. The number of amides is 1. The lowest BCUT2D eigenvalue weighted by molar-refractivity contribution is -0.122. The second-order valence-electron chi connectivity index (χ2n) is 6.00. The molecule has 2 heterocycles. The Hall–Kier alpha value is -1.85. The van der Waals surface area contributed by atoms with Crippen LogP contribution in [0.3, 0.4) is 0 Å². The van der Waals surface area contributed by atoms with Gasteiger partial charge in [-0.3, -0.25) is 4.79 Å². The molecule has 22 heavy (non-hydrogen) atoms. The average molecular weight is 301 g/mol. The minimum Gasteiger partial charge on any atom is -0.381 e. The lowest BCUT2D eigenvalue weighted by atomic mass is 10.0. The van der Waals surface area contributed by atoms with Crippen LogP contribution in [0.2, 0.25) is 0 Å². The van der Waals surface area contributed by atoms with E-state index in [1.807, 2.05) is 30.5 Å². The number of carbonyl (C=O) groups excluding carboxylic acids is 1. The van der Waals surface area contributed by atoms with Gasteiger partial charge in [-0.15, -0.1) is 0 Å². The first-order valence-electron chi connectivity index (χ1n) is 7.90. The minimum absolute atomic E-state index is 0.0872. The number of hydrogen-bond acceptors (Lipinski definition) is 3. The summed E-state index contributed by atoms with van der Waals surface area (Å²) in [6.07, 6.45) is 4.66. The number of nitrogens with one attached hydrogen (secondary N) is 2. The third-order valence-corrected chi connectivity index (χ3v) is 4.27. The second kappa shape index (κ2) is 6.94. The fraction of sp³-hybridized carbons (Fsp3) is 0.471. The van der Waals surface area contributed by atoms with Crippen molar-refractivity contribution in [1.82, 2.24) is 10.3 Å². The molecule has 1 fully saturated rings. The maximum atomic E-state index is 12.2. The second-order valence-corrected chi connectivity index (χ2v) is 6.00. The van der Waals surface area contributed by atoms with Crippen LogP contribution in [-0.4, -0.2) is 36.7 Å². The number of hydrogen-bond donors (Lipinski definition) is 3. The van der Waals surface area contributed by atoms with Crippen molar-refractivity contribution >= 4 is 16.8 Å². The zero-order valence-electron chi connectivity index (χ0n) is 12.7. The fourth-order valence-electron chi connectivity index (χ4n) is 2.97. The van der Waals surface area contributed by atoms with Crippen molar-refractivity contribution < 1.29 is 9.53 Å². The molecule has 1 aliphatic rings. The molecule has 3 rings (SSSR count). The molecule has 5 nitrogen and oxygen atoms in total. The van der Waals surface area contributed by atoms with Crippen LogP contribution in [0.15, 0.2) is 30.5 Å². The third kappa shape index (κ3) is 3.48. The first-order chi connectivity index (χ1) is 10.7. The SMILES string of the molecule is N[C@@H](Cc1c[nH]c2ccccc12)C(=O)NCC1CCCOC1. The zero-order valence-corrected chi connectivity index (χ0v) is 12.7. The average Bonchev–Trinajstić information content (AvgIpc) is 2.97. The highest BCUT2D eigenvalue weighted by Gasteiger charge is 2.19. The maximum Gasteiger partial charge on any atom is 0.237 e. The molecular formula is C17H23N3O2. The number of para-hydroxylation sites is 1. The number of nitrogens with two attached hydrogens (primary N) is 1. The van der Waals surface area contributed by atoms with Crippen molar-refractivity contribution in [2.45, 2.75) is 25.3 Å². The number of aromatic amines is 1. The molecule has 1 unspecified atom stereocenters. The fourth-order valence-corrected chi connectivity index (χ4v) is 2.97. The van der Waals surface area contributed by atoms with Gasteiger partial charge in [-0.2, -0.15) is 0 Å². The Morgan fingerprint density at radius 3 is 3.14 bits per heavy atom. The Morgan fingerprint density at radius 1 is 1.45 bits per heavy atom. The van der Waals surface area contributed by atoms with Gasteiger partial charge >= 0.3 is 0 Å². The largest absolute Gasteiger partial charge is 0.381 e. The van der Waals surface area contributed by atoms with Gasteiger partial charge in [0, 0.05) is 30.3 Å². The number of benzene rings is 1. The number of aromatic nitrogens is 1. The van der Waals surface area contributed by atoms with E-state index in [1.54, 1.807) is 0 Å². The van der Waals surface area contributed by atoms with Crippen LogP contribution in [0.25, 0.3) is 10.9 Å².